The van der Waals surface area contributed by atoms with Crippen molar-refractivity contribution in [3.05, 3.63) is 29.3 Å². The molecule has 1 amide bonds. The lowest BCUT2D eigenvalue weighted by Gasteiger charge is -2.05. The zero-order chi connectivity index (χ0) is 13.1. The van der Waals surface area contributed by atoms with Gasteiger partial charge in [0, 0.05) is 18.5 Å². The SMILES string of the molecule is CNC(C)c1csc(NC(=O)c2cncn2C)n1. The molecule has 0 radical (unpaired) electrons. The predicted octanol–water partition coefficient (Wildman–Crippen LogP) is 1.41. The Morgan fingerprint density at radius 1 is 1.56 bits per heavy atom. The predicted molar refractivity (Wildman–Crippen MR) is 70.7 cm³/mol. The second-order valence-corrected chi connectivity index (χ2v) is 4.79. The van der Waals surface area contributed by atoms with Crippen LogP contribution in [0.3, 0.4) is 0 Å². The number of aromatic nitrogens is 3. The van der Waals surface area contributed by atoms with Gasteiger partial charge < -0.3 is 9.88 Å². The van der Waals surface area contributed by atoms with Gasteiger partial charge in [-0.3, -0.25) is 10.1 Å². The van der Waals surface area contributed by atoms with Gasteiger partial charge in [0.1, 0.15) is 5.69 Å². The second-order valence-electron chi connectivity index (χ2n) is 3.93. The minimum atomic E-state index is -0.201. The Kier molecular flexibility index (Phi) is 3.73. The summed E-state index contributed by atoms with van der Waals surface area (Å²) >= 11 is 1.41. The molecule has 2 aromatic rings. The Hall–Kier alpha value is -1.73. The minimum Gasteiger partial charge on any atom is -0.330 e. The summed E-state index contributed by atoms with van der Waals surface area (Å²) in [5.41, 5.74) is 1.43. The smallest absolute Gasteiger partial charge is 0.275 e. The van der Waals surface area contributed by atoms with Gasteiger partial charge in [0.15, 0.2) is 5.13 Å². The molecule has 0 bridgehead atoms. The average molecular weight is 265 g/mol. The van der Waals surface area contributed by atoms with E-state index in [9.17, 15) is 4.79 Å². The number of rotatable bonds is 4. The summed E-state index contributed by atoms with van der Waals surface area (Å²) in [5, 5.41) is 8.39. The fourth-order valence-electron chi connectivity index (χ4n) is 1.43. The quantitative estimate of drug-likeness (QED) is 0.876. The van der Waals surface area contributed by atoms with E-state index in [1.54, 1.807) is 17.9 Å². The highest BCUT2D eigenvalue weighted by Crippen LogP contribution is 2.20. The molecular weight excluding hydrogens is 250 g/mol. The number of nitrogens with one attached hydrogen (secondary N) is 2. The van der Waals surface area contributed by atoms with Gasteiger partial charge >= 0.3 is 0 Å². The fourth-order valence-corrected chi connectivity index (χ4v) is 2.23. The average Bonchev–Trinajstić information content (AvgIpc) is 2.97. The highest BCUT2D eigenvalue weighted by molar-refractivity contribution is 7.14. The number of amides is 1. The molecule has 0 fully saturated rings. The summed E-state index contributed by atoms with van der Waals surface area (Å²) in [4.78, 5) is 20.2. The van der Waals surface area contributed by atoms with Crippen LogP contribution in [-0.4, -0.2) is 27.5 Å². The first-order valence-electron chi connectivity index (χ1n) is 5.52. The largest absolute Gasteiger partial charge is 0.330 e. The van der Waals surface area contributed by atoms with Crippen LogP contribution in [0.25, 0.3) is 0 Å². The lowest BCUT2D eigenvalue weighted by atomic mass is 10.3. The standard InChI is InChI=1S/C11H15N5OS/c1-7(12-2)8-5-18-11(14-8)15-10(17)9-4-13-6-16(9)3/h4-7,12H,1-3H3,(H,14,15,17). The van der Waals surface area contributed by atoms with Crippen LogP contribution in [0.5, 0.6) is 0 Å². The molecule has 18 heavy (non-hydrogen) atoms. The number of carbonyl (C=O) groups is 1. The van der Waals surface area contributed by atoms with E-state index >= 15 is 0 Å². The molecule has 0 saturated carbocycles. The van der Waals surface area contributed by atoms with Crippen molar-refractivity contribution in [3.63, 3.8) is 0 Å². The van der Waals surface area contributed by atoms with Crippen LogP contribution in [-0.2, 0) is 7.05 Å². The number of hydrogen-bond acceptors (Lipinski definition) is 5. The van der Waals surface area contributed by atoms with Crippen molar-refractivity contribution < 1.29 is 4.79 Å². The van der Waals surface area contributed by atoms with Gasteiger partial charge in [-0.1, -0.05) is 0 Å². The second kappa shape index (κ2) is 5.28. The highest BCUT2D eigenvalue weighted by Gasteiger charge is 2.13. The molecule has 0 spiro atoms. The molecule has 0 aliphatic heterocycles. The molecule has 2 N–H and O–H groups in total. The zero-order valence-corrected chi connectivity index (χ0v) is 11.3. The lowest BCUT2D eigenvalue weighted by Crippen LogP contribution is -2.16. The van der Waals surface area contributed by atoms with Crippen LogP contribution in [0.1, 0.15) is 29.1 Å². The Morgan fingerprint density at radius 2 is 2.33 bits per heavy atom. The fraction of sp³-hybridized carbons (Fsp3) is 0.364. The summed E-state index contributed by atoms with van der Waals surface area (Å²) in [7, 11) is 3.65. The lowest BCUT2D eigenvalue weighted by molar-refractivity contribution is 0.101. The van der Waals surface area contributed by atoms with Crippen LogP contribution in [0, 0.1) is 0 Å². The number of hydrogen-bond donors (Lipinski definition) is 2. The van der Waals surface area contributed by atoms with Gasteiger partial charge in [0.05, 0.1) is 18.2 Å². The number of aryl methyl sites for hydroxylation is 1. The summed E-state index contributed by atoms with van der Waals surface area (Å²) < 4.78 is 1.67. The number of nitrogens with zero attached hydrogens (tertiary/aromatic N) is 3. The molecule has 1 atom stereocenters. The monoisotopic (exact) mass is 265 g/mol. The molecule has 96 valence electrons. The van der Waals surface area contributed by atoms with Gasteiger partial charge in [-0.05, 0) is 14.0 Å². The van der Waals surface area contributed by atoms with E-state index < -0.39 is 0 Å². The van der Waals surface area contributed by atoms with E-state index in [0.29, 0.717) is 10.8 Å². The summed E-state index contributed by atoms with van der Waals surface area (Å²) in [6.45, 7) is 2.02. The minimum absolute atomic E-state index is 0.170. The summed E-state index contributed by atoms with van der Waals surface area (Å²) in [5.74, 6) is -0.201. The molecule has 0 aliphatic rings. The highest BCUT2D eigenvalue weighted by atomic mass is 32.1. The Morgan fingerprint density at radius 3 is 2.94 bits per heavy atom. The van der Waals surface area contributed by atoms with Gasteiger partial charge in [-0.25, -0.2) is 9.97 Å². The van der Waals surface area contributed by atoms with Crippen molar-refractivity contribution in [2.45, 2.75) is 13.0 Å². The summed E-state index contributed by atoms with van der Waals surface area (Å²) in [6, 6.07) is 0.170. The number of imidazole rings is 1. The van der Waals surface area contributed by atoms with E-state index in [0.717, 1.165) is 5.69 Å². The third kappa shape index (κ3) is 2.57. The van der Waals surface area contributed by atoms with Crippen LogP contribution < -0.4 is 10.6 Å². The molecule has 0 aliphatic carbocycles. The third-order valence-corrected chi connectivity index (χ3v) is 3.44. The Labute approximate surface area is 109 Å². The van der Waals surface area contributed by atoms with Crippen molar-refractivity contribution in [2.24, 2.45) is 7.05 Å². The van der Waals surface area contributed by atoms with Crippen molar-refractivity contribution in [3.8, 4) is 0 Å². The Bertz CT molecular complexity index is 547. The first-order chi connectivity index (χ1) is 8.61. The van der Waals surface area contributed by atoms with Gasteiger partial charge in [0.25, 0.3) is 5.91 Å². The molecule has 2 heterocycles. The van der Waals surface area contributed by atoms with Crippen molar-refractivity contribution >= 4 is 22.4 Å². The van der Waals surface area contributed by atoms with Crippen molar-refractivity contribution in [1.82, 2.24) is 19.9 Å². The first-order valence-corrected chi connectivity index (χ1v) is 6.40. The van der Waals surface area contributed by atoms with Crippen LogP contribution in [0.15, 0.2) is 17.9 Å². The molecular formula is C11H15N5OS. The maximum atomic E-state index is 11.9. The van der Waals surface area contributed by atoms with Crippen LogP contribution in [0.4, 0.5) is 5.13 Å². The van der Waals surface area contributed by atoms with E-state index in [2.05, 4.69) is 20.6 Å². The molecule has 0 saturated heterocycles. The molecule has 0 aromatic carbocycles. The topological polar surface area (TPSA) is 71.8 Å². The van der Waals surface area contributed by atoms with Crippen LogP contribution in [0.2, 0.25) is 0 Å². The molecule has 7 heteroatoms. The molecule has 6 nitrogen and oxygen atoms in total. The molecule has 2 rings (SSSR count). The number of thiazole rings is 1. The van der Waals surface area contributed by atoms with Crippen LogP contribution >= 0.6 is 11.3 Å². The van der Waals surface area contributed by atoms with Gasteiger partial charge in [-0.2, -0.15) is 0 Å². The maximum Gasteiger partial charge on any atom is 0.275 e. The maximum absolute atomic E-state index is 11.9. The van der Waals surface area contributed by atoms with Gasteiger partial charge in [0.2, 0.25) is 0 Å². The molecule has 2 aromatic heterocycles. The number of anilines is 1. The van der Waals surface area contributed by atoms with Crippen molar-refractivity contribution in [1.29, 1.82) is 0 Å². The van der Waals surface area contributed by atoms with E-state index in [1.807, 2.05) is 19.4 Å². The van der Waals surface area contributed by atoms with Gasteiger partial charge in [-0.15, -0.1) is 11.3 Å². The normalized spacial score (nSPS) is 12.4. The van der Waals surface area contributed by atoms with E-state index in [1.165, 1.54) is 17.5 Å². The molecule has 1 unspecified atom stereocenters. The van der Waals surface area contributed by atoms with E-state index in [-0.39, 0.29) is 11.9 Å². The third-order valence-electron chi connectivity index (χ3n) is 2.67. The Balaban J connectivity index is 2.08. The van der Waals surface area contributed by atoms with E-state index in [4.69, 9.17) is 0 Å². The van der Waals surface area contributed by atoms with Crippen molar-refractivity contribution in [2.75, 3.05) is 12.4 Å². The zero-order valence-electron chi connectivity index (χ0n) is 10.5. The summed E-state index contributed by atoms with van der Waals surface area (Å²) in [6.07, 6.45) is 3.12. The first kappa shape index (κ1) is 12.7. The number of carbonyl (C=O) groups excluding carboxylic acids is 1.